The van der Waals surface area contributed by atoms with Crippen LogP contribution in [0.25, 0.3) is 0 Å². The minimum atomic E-state index is -0.472. The first-order chi connectivity index (χ1) is 10.6. The van der Waals surface area contributed by atoms with Gasteiger partial charge in [-0.25, -0.2) is 4.39 Å². The number of primary amides is 1. The summed E-state index contributed by atoms with van der Waals surface area (Å²) in [5, 5.41) is 0. The molecule has 2 aromatic rings. The van der Waals surface area contributed by atoms with Crippen LogP contribution in [-0.4, -0.2) is 23.5 Å². The number of pyridine rings is 1. The van der Waals surface area contributed by atoms with Crippen LogP contribution >= 0.6 is 0 Å². The van der Waals surface area contributed by atoms with Gasteiger partial charge in [-0.15, -0.1) is 0 Å². The van der Waals surface area contributed by atoms with Gasteiger partial charge >= 0.3 is 0 Å². The largest absolute Gasteiger partial charge is 0.367 e. The molecule has 5 heteroatoms. The molecular weight excluding hydrogens is 281 g/mol. The third kappa shape index (κ3) is 2.66. The molecule has 22 heavy (non-hydrogen) atoms. The van der Waals surface area contributed by atoms with Crippen LogP contribution in [0.3, 0.4) is 0 Å². The highest BCUT2D eigenvalue weighted by atomic mass is 19.1. The van der Waals surface area contributed by atoms with E-state index in [0.29, 0.717) is 11.5 Å². The number of nitrogens with two attached hydrogens (primary N) is 1. The number of nitrogens with zero attached hydrogens (tertiary/aromatic N) is 2. The van der Waals surface area contributed by atoms with E-state index in [4.69, 9.17) is 5.73 Å². The molecule has 2 unspecified atom stereocenters. The summed E-state index contributed by atoms with van der Waals surface area (Å²) < 4.78 is 13.1. The van der Waals surface area contributed by atoms with Crippen molar-refractivity contribution in [2.24, 2.45) is 5.73 Å². The molecule has 0 radical (unpaired) electrons. The molecule has 114 valence electrons. The second kappa shape index (κ2) is 5.75. The minimum Gasteiger partial charge on any atom is -0.367 e. The fourth-order valence-electron chi connectivity index (χ4n) is 3.17. The number of carbonyl (C=O) groups excluding carboxylic acids is 1. The number of anilines is 1. The van der Waals surface area contributed by atoms with Crippen molar-refractivity contribution in [2.45, 2.75) is 25.3 Å². The molecule has 1 aliphatic heterocycles. The molecule has 2 N–H and O–H groups in total. The van der Waals surface area contributed by atoms with Gasteiger partial charge < -0.3 is 10.6 Å². The van der Waals surface area contributed by atoms with Crippen LogP contribution in [0.4, 0.5) is 10.1 Å². The van der Waals surface area contributed by atoms with Crippen molar-refractivity contribution >= 4 is 11.6 Å². The number of amides is 1. The zero-order valence-electron chi connectivity index (χ0n) is 12.4. The maximum absolute atomic E-state index is 13.1. The van der Waals surface area contributed by atoms with Crippen LogP contribution < -0.4 is 10.6 Å². The van der Waals surface area contributed by atoms with Crippen molar-refractivity contribution in [1.82, 2.24) is 4.98 Å². The number of hydrogen-bond donors (Lipinski definition) is 1. The van der Waals surface area contributed by atoms with E-state index in [-0.39, 0.29) is 11.9 Å². The molecule has 1 fully saturated rings. The maximum atomic E-state index is 13.1. The molecule has 1 saturated heterocycles. The van der Waals surface area contributed by atoms with Crippen LogP contribution in [-0.2, 0) is 0 Å². The summed E-state index contributed by atoms with van der Waals surface area (Å²) in [6, 6.07) is 8.74. The lowest BCUT2D eigenvalue weighted by Gasteiger charge is -2.25. The van der Waals surface area contributed by atoms with Gasteiger partial charge in [0.2, 0.25) is 0 Å². The Kier molecular flexibility index (Phi) is 3.79. The van der Waals surface area contributed by atoms with E-state index in [1.165, 1.54) is 18.3 Å². The first-order valence-corrected chi connectivity index (χ1v) is 7.32. The quantitative estimate of drug-likeness (QED) is 0.948. The number of aromatic nitrogens is 1. The summed E-state index contributed by atoms with van der Waals surface area (Å²) in [6.45, 7) is 2.89. The average molecular weight is 299 g/mol. The molecular formula is C17H18FN3O. The summed E-state index contributed by atoms with van der Waals surface area (Å²) in [7, 11) is 0. The summed E-state index contributed by atoms with van der Waals surface area (Å²) in [5.74, 6) is -0.387. The van der Waals surface area contributed by atoms with Gasteiger partial charge in [-0.05, 0) is 37.1 Å². The molecule has 1 aromatic heterocycles. The fourth-order valence-corrected chi connectivity index (χ4v) is 3.17. The van der Waals surface area contributed by atoms with Crippen LogP contribution in [0.1, 0.15) is 35.2 Å². The predicted molar refractivity (Wildman–Crippen MR) is 83.3 cm³/mol. The maximum Gasteiger partial charge on any atom is 0.252 e. The van der Waals surface area contributed by atoms with Gasteiger partial charge in [0.05, 0.1) is 11.3 Å². The van der Waals surface area contributed by atoms with E-state index >= 15 is 0 Å². The molecule has 4 nitrogen and oxygen atoms in total. The molecule has 0 spiro atoms. The van der Waals surface area contributed by atoms with E-state index in [1.54, 1.807) is 6.20 Å². The van der Waals surface area contributed by atoms with Crippen molar-refractivity contribution < 1.29 is 9.18 Å². The predicted octanol–water partition coefficient (Wildman–Crippen LogP) is 2.70. The van der Waals surface area contributed by atoms with Gasteiger partial charge in [0, 0.05) is 30.9 Å². The zero-order chi connectivity index (χ0) is 15.7. The SMILES string of the molecule is CC1CC(c2ccc(F)cc2)CN1c1ccncc1C(N)=O. The van der Waals surface area contributed by atoms with Gasteiger partial charge in [-0.3, -0.25) is 9.78 Å². The van der Waals surface area contributed by atoms with E-state index in [2.05, 4.69) is 16.8 Å². The Bertz CT molecular complexity index is 687. The minimum absolute atomic E-state index is 0.225. The lowest BCUT2D eigenvalue weighted by Crippen LogP contribution is -2.29. The molecule has 0 saturated carbocycles. The van der Waals surface area contributed by atoms with Crippen LogP contribution in [0, 0.1) is 5.82 Å². The van der Waals surface area contributed by atoms with Crippen molar-refractivity contribution in [1.29, 1.82) is 0 Å². The lowest BCUT2D eigenvalue weighted by molar-refractivity contribution is 0.100. The first-order valence-electron chi connectivity index (χ1n) is 7.32. The Morgan fingerprint density at radius 3 is 2.73 bits per heavy atom. The summed E-state index contributed by atoms with van der Waals surface area (Å²) in [5.41, 5.74) is 7.82. The van der Waals surface area contributed by atoms with Crippen molar-refractivity contribution in [3.63, 3.8) is 0 Å². The lowest BCUT2D eigenvalue weighted by atomic mass is 9.97. The highest BCUT2D eigenvalue weighted by Crippen LogP contribution is 2.36. The summed E-state index contributed by atoms with van der Waals surface area (Å²) in [6.07, 6.45) is 4.13. The van der Waals surface area contributed by atoms with Crippen LogP contribution in [0.15, 0.2) is 42.7 Å². The number of carbonyl (C=O) groups is 1. The smallest absolute Gasteiger partial charge is 0.252 e. The Morgan fingerprint density at radius 2 is 2.05 bits per heavy atom. The van der Waals surface area contributed by atoms with Crippen molar-refractivity contribution in [3.05, 3.63) is 59.7 Å². The molecule has 0 bridgehead atoms. The highest BCUT2D eigenvalue weighted by molar-refractivity contribution is 5.98. The zero-order valence-corrected chi connectivity index (χ0v) is 12.4. The molecule has 1 amide bonds. The molecule has 1 aliphatic rings. The van der Waals surface area contributed by atoms with Gasteiger partial charge in [0.1, 0.15) is 5.82 Å². The van der Waals surface area contributed by atoms with Crippen molar-refractivity contribution in [3.8, 4) is 0 Å². The number of rotatable bonds is 3. The Morgan fingerprint density at radius 1 is 1.32 bits per heavy atom. The monoisotopic (exact) mass is 299 g/mol. The highest BCUT2D eigenvalue weighted by Gasteiger charge is 2.31. The first kappa shape index (κ1) is 14.5. The van der Waals surface area contributed by atoms with Crippen LogP contribution in [0.2, 0.25) is 0 Å². The number of benzene rings is 1. The normalized spacial score (nSPS) is 21.1. The van der Waals surface area contributed by atoms with Gasteiger partial charge in [0.25, 0.3) is 5.91 Å². The number of hydrogen-bond acceptors (Lipinski definition) is 3. The molecule has 2 atom stereocenters. The van der Waals surface area contributed by atoms with E-state index < -0.39 is 5.91 Å². The fraction of sp³-hybridized carbons (Fsp3) is 0.294. The summed E-state index contributed by atoms with van der Waals surface area (Å²) in [4.78, 5) is 17.7. The van der Waals surface area contributed by atoms with Gasteiger partial charge in [-0.1, -0.05) is 12.1 Å². The third-order valence-electron chi connectivity index (χ3n) is 4.29. The second-order valence-corrected chi connectivity index (χ2v) is 5.74. The van der Waals surface area contributed by atoms with Gasteiger partial charge in [0.15, 0.2) is 0 Å². The number of halogens is 1. The average Bonchev–Trinajstić information content (AvgIpc) is 2.89. The standard InChI is InChI=1S/C17H18FN3O/c1-11-8-13(12-2-4-14(18)5-3-12)10-21(11)16-6-7-20-9-15(16)17(19)22/h2-7,9,11,13H,8,10H2,1H3,(H2,19,22). The Hall–Kier alpha value is -2.43. The van der Waals surface area contributed by atoms with Gasteiger partial charge in [-0.2, -0.15) is 0 Å². The molecule has 2 heterocycles. The third-order valence-corrected chi connectivity index (χ3v) is 4.29. The second-order valence-electron chi connectivity index (χ2n) is 5.74. The Labute approximate surface area is 128 Å². The molecule has 3 rings (SSSR count). The van der Waals surface area contributed by atoms with E-state index in [0.717, 1.165) is 24.2 Å². The topological polar surface area (TPSA) is 59.2 Å². The molecule has 0 aliphatic carbocycles. The Balaban J connectivity index is 1.88. The van der Waals surface area contributed by atoms with E-state index in [1.807, 2.05) is 18.2 Å². The van der Waals surface area contributed by atoms with Crippen molar-refractivity contribution in [2.75, 3.05) is 11.4 Å². The summed E-state index contributed by atoms with van der Waals surface area (Å²) >= 11 is 0. The molecule has 1 aromatic carbocycles. The van der Waals surface area contributed by atoms with E-state index in [9.17, 15) is 9.18 Å². The van der Waals surface area contributed by atoms with Crippen LogP contribution in [0.5, 0.6) is 0 Å².